The van der Waals surface area contributed by atoms with Gasteiger partial charge in [0.2, 0.25) is 11.8 Å². The summed E-state index contributed by atoms with van der Waals surface area (Å²) in [5.41, 5.74) is 2.11. The highest BCUT2D eigenvalue weighted by atomic mass is 35.5. The number of halogens is 1. The average Bonchev–Trinajstić information content (AvgIpc) is 3.27. The van der Waals surface area contributed by atoms with Crippen LogP contribution in [0, 0.1) is 0 Å². The molecule has 1 fully saturated rings. The highest BCUT2D eigenvalue weighted by Gasteiger charge is 2.28. The molecular formula is C25H31ClN2O2. The maximum atomic E-state index is 13.1. The summed E-state index contributed by atoms with van der Waals surface area (Å²) in [7, 11) is 0. The van der Waals surface area contributed by atoms with Crippen molar-refractivity contribution in [1.82, 2.24) is 10.2 Å². The van der Waals surface area contributed by atoms with Gasteiger partial charge in [0.05, 0.1) is 0 Å². The molecule has 1 atom stereocenters. The number of rotatable bonds is 9. The molecule has 0 aliphatic heterocycles. The Labute approximate surface area is 184 Å². The summed E-state index contributed by atoms with van der Waals surface area (Å²) >= 11 is 6.25. The van der Waals surface area contributed by atoms with Crippen molar-refractivity contribution in [3.63, 3.8) is 0 Å². The third-order valence-electron chi connectivity index (χ3n) is 5.92. The number of carbonyl (C=O) groups excluding carboxylic acids is 2. The third kappa shape index (κ3) is 6.33. The number of nitrogens with one attached hydrogen (secondary N) is 1. The summed E-state index contributed by atoms with van der Waals surface area (Å²) in [5, 5.41) is 3.82. The number of benzene rings is 2. The van der Waals surface area contributed by atoms with Gasteiger partial charge in [0.15, 0.2) is 0 Å². The second-order valence-electron chi connectivity index (χ2n) is 8.08. The van der Waals surface area contributed by atoms with E-state index in [1.165, 1.54) is 0 Å². The molecule has 1 N–H and O–H groups in total. The molecule has 0 unspecified atom stereocenters. The van der Waals surface area contributed by atoms with E-state index < -0.39 is 6.04 Å². The Bertz CT molecular complexity index is 834. The van der Waals surface area contributed by atoms with Crippen molar-refractivity contribution in [3.05, 3.63) is 70.7 Å². The molecule has 0 radical (unpaired) electrons. The minimum Gasteiger partial charge on any atom is -0.352 e. The largest absolute Gasteiger partial charge is 0.352 e. The first-order valence-corrected chi connectivity index (χ1v) is 11.3. The number of aryl methyl sites for hydroxylation is 1. The molecule has 3 rings (SSSR count). The molecule has 0 saturated heterocycles. The molecule has 5 heteroatoms. The predicted octanol–water partition coefficient (Wildman–Crippen LogP) is 4.79. The second kappa shape index (κ2) is 11.2. The first-order valence-electron chi connectivity index (χ1n) is 10.9. The van der Waals surface area contributed by atoms with Crippen LogP contribution in [0.2, 0.25) is 5.02 Å². The van der Waals surface area contributed by atoms with Crippen LogP contribution < -0.4 is 5.32 Å². The minimum absolute atomic E-state index is 0.0140. The Morgan fingerprint density at radius 1 is 1.03 bits per heavy atom. The van der Waals surface area contributed by atoms with E-state index in [2.05, 4.69) is 17.4 Å². The monoisotopic (exact) mass is 426 g/mol. The van der Waals surface area contributed by atoms with Crippen LogP contribution in [0.25, 0.3) is 0 Å². The SMILES string of the molecule is C[C@H](C(=O)NC1CCCC1)N(CCc1ccccc1)C(=O)CCc1ccccc1Cl. The zero-order valence-corrected chi connectivity index (χ0v) is 18.4. The smallest absolute Gasteiger partial charge is 0.242 e. The van der Waals surface area contributed by atoms with Crippen LogP contribution in [0.15, 0.2) is 54.6 Å². The van der Waals surface area contributed by atoms with E-state index in [-0.39, 0.29) is 17.9 Å². The minimum atomic E-state index is -0.493. The van der Waals surface area contributed by atoms with Crippen molar-refractivity contribution in [2.45, 2.75) is 64.0 Å². The van der Waals surface area contributed by atoms with E-state index in [0.29, 0.717) is 24.4 Å². The van der Waals surface area contributed by atoms with E-state index in [1.807, 2.05) is 49.4 Å². The lowest BCUT2D eigenvalue weighted by molar-refractivity contribution is -0.140. The lowest BCUT2D eigenvalue weighted by atomic mass is 10.1. The highest BCUT2D eigenvalue weighted by Crippen LogP contribution is 2.19. The van der Waals surface area contributed by atoms with Gasteiger partial charge in [-0.05, 0) is 49.8 Å². The molecule has 2 amide bonds. The van der Waals surface area contributed by atoms with Crippen molar-refractivity contribution in [3.8, 4) is 0 Å². The first-order chi connectivity index (χ1) is 14.5. The zero-order chi connectivity index (χ0) is 21.3. The maximum Gasteiger partial charge on any atom is 0.242 e. The van der Waals surface area contributed by atoms with Gasteiger partial charge in [0.1, 0.15) is 6.04 Å². The summed E-state index contributed by atoms with van der Waals surface area (Å²) in [6.45, 7) is 2.35. The number of hydrogen-bond acceptors (Lipinski definition) is 2. The Morgan fingerprint density at radius 2 is 1.70 bits per heavy atom. The zero-order valence-electron chi connectivity index (χ0n) is 17.6. The standard InChI is InChI=1S/C25H31ClN2O2/c1-19(25(30)27-22-12-6-7-13-22)28(18-17-20-9-3-2-4-10-20)24(29)16-15-21-11-5-8-14-23(21)26/h2-5,8-11,14,19,22H,6-7,12-13,15-18H2,1H3,(H,27,30)/t19-/m1/s1. The molecule has 0 bridgehead atoms. The fourth-order valence-electron chi connectivity index (χ4n) is 4.05. The van der Waals surface area contributed by atoms with Crippen LogP contribution in [0.3, 0.4) is 0 Å². The normalized spacial score (nSPS) is 15.0. The third-order valence-corrected chi connectivity index (χ3v) is 6.29. The van der Waals surface area contributed by atoms with Crippen LogP contribution in [0.4, 0.5) is 0 Å². The average molecular weight is 427 g/mol. The molecule has 0 aromatic heterocycles. The van der Waals surface area contributed by atoms with Crippen LogP contribution in [-0.2, 0) is 22.4 Å². The summed E-state index contributed by atoms with van der Waals surface area (Å²) < 4.78 is 0. The second-order valence-corrected chi connectivity index (χ2v) is 8.49. The van der Waals surface area contributed by atoms with Gasteiger partial charge in [0.25, 0.3) is 0 Å². The molecule has 1 aliphatic rings. The summed E-state index contributed by atoms with van der Waals surface area (Å²) in [6.07, 6.45) is 6.00. The van der Waals surface area contributed by atoms with E-state index in [1.54, 1.807) is 4.90 Å². The molecule has 1 saturated carbocycles. The van der Waals surface area contributed by atoms with E-state index in [4.69, 9.17) is 11.6 Å². The van der Waals surface area contributed by atoms with E-state index in [9.17, 15) is 9.59 Å². The Balaban J connectivity index is 1.66. The lowest BCUT2D eigenvalue weighted by Gasteiger charge is -2.30. The summed E-state index contributed by atoms with van der Waals surface area (Å²) in [6, 6.07) is 17.4. The Hall–Kier alpha value is -2.33. The van der Waals surface area contributed by atoms with Crippen LogP contribution >= 0.6 is 11.6 Å². The van der Waals surface area contributed by atoms with Crippen molar-refractivity contribution in [2.24, 2.45) is 0 Å². The lowest BCUT2D eigenvalue weighted by Crippen LogP contribution is -2.50. The molecule has 1 aliphatic carbocycles. The number of nitrogens with zero attached hydrogens (tertiary/aromatic N) is 1. The van der Waals surface area contributed by atoms with Gasteiger partial charge >= 0.3 is 0 Å². The Kier molecular flexibility index (Phi) is 8.32. The molecule has 4 nitrogen and oxygen atoms in total. The number of carbonyl (C=O) groups is 2. The van der Waals surface area contributed by atoms with Crippen molar-refractivity contribution in [2.75, 3.05) is 6.54 Å². The maximum absolute atomic E-state index is 13.1. The van der Waals surface area contributed by atoms with Gasteiger partial charge in [-0.2, -0.15) is 0 Å². The quantitative estimate of drug-likeness (QED) is 0.626. The van der Waals surface area contributed by atoms with Crippen molar-refractivity contribution in [1.29, 1.82) is 0 Å². The number of amides is 2. The molecule has 160 valence electrons. The van der Waals surface area contributed by atoms with Gasteiger partial charge in [-0.25, -0.2) is 0 Å². The molecule has 2 aromatic rings. The van der Waals surface area contributed by atoms with Gasteiger partial charge in [-0.15, -0.1) is 0 Å². The number of hydrogen-bond donors (Lipinski definition) is 1. The fraction of sp³-hybridized carbons (Fsp3) is 0.440. The molecule has 30 heavy (non-hydrogen) atoms. The van der Waals surface area contributed by atoms with Crippen molar-refractivity contribution >= 4 is 23.4 Å². The topological polar surface area (TPSA) is 49.4 Å². The molecule has 0 heterocycles. The van der Waals surface area contributed by atoms with Gasteiger partial charge < -0.3 is 10.2 Å². The van der Waals surface area contributed by atoms with Gasteiger partial charge in [-0.3, -0.25) is 9.59 Å². The summed E-state index contributed by atoms with van der Waals surface area (Å²) in [5.74, 6) is -0.0685. The van der Waals surface area contributed by atoms with Crippen molar-refractivity contribution < 1.29 is 9.59 Å². The van der Waals surface area contributed by atoms with Gasteiger partial charge in [0, 0.05) is 24.0 Å². The molecule has 2 aromatic carbocycles. The summed E-state index contributed by atoms with van der Waals surface area (Å²) in [4.78, 5) is 27.7. The van der Waals surface area contributed by atoms with Gasteiger partial charge in [-0.1, -0.05) is 73.0 Å². The fourth-order valence-corrected chi connectivity index (χ4v) is 4.28. The molecular weight excluding hydrogens is 396 g/mol. The first kappa shape index (κ1) is 22.4. The Morgan fingerprint density at radius 3 is 2.40 bits per heavy atom. The van der Waals surface area contributed by atoms with Crippen LogP contribution in [0.1, 0.15) is 50.2 Å². The van der Waals surface area contributed by atoms with Crippen LogP contribution in [-0.4, -0.2) is 35.3 Å². The predicted molar refractivity (Wildman–Crippen MR) is 121 cm³/mol. The van der Waals surface area contributed by atoms with E-state index >= 15 is 0 Å². The van der Waals surface area contributed by atoms with E-state index in [0.717, 1.165) is 43.2 Å². The highest BCUT2D eigenvalue weighted by molar-refractivity contribution is 6.31. The molecule has 0 spiro atoms. The van der Waals surface area contributed by atoms with Crippen LogP contribution in [0.5, 0.6) is 0 Å².